The summed E-state index contributed by atoms with van der Waals surface area (Å²) in [5.74, 6) is 0.114. The number of carbonyl (C=O) groups excluding carboxylic acids is 2. The monoisotopic (exact) mass is 404 g/mol. The average Bonchev–Trinajstić information content (AvgIpc) is 3.10. The van der Waals surface area contributed by atoms with Gasteiger partial charge in [-0.2, -0.15) is 0 Å². The van der Waals surface area contributed by atoms with Crippen molar-refractivity contribution in [3.05, 3.63) is 11.6 Å². The Morgan fingerprint density at radius 3 is 2.21 bits per heavy atom. The third-order valence-electron chi connectivity index (χ3n) is 4.60. The summed E-state index contributed by atoms with van der Waals surface area (Å²) in [5.41, 5.74) is 0. The van der Waals surface area contributed by atoms with Gasteiger partial charge in [-0.05, 0) is 18.3 Å². The van der Waals surface area contributed by atoms with E-state index in [1.807, 2.05) is 0 Å². The molecular weight excluding hydrogens is 396 g/mol. The first kappa shape index (κ1) is 12.5. The zero-order chi connectivity index (χ0) is 13.3. The fourth-order valence-electron chi connectivity index (χ4n) is 3.86. The van der Waals surface area contributed by atoms with Crippen LogP contribution in [0.1, 0.15) is 6.42 Å². The summed E-state index contributed by atoms with van der Waals surface area (Å²) in [6.45, 7) is 0. The molecule has 2 heterocycles. The van der Waals surface area contributed by atoms with Crippen LogP contribution in [0.5, 0.6) is 0 Å². The molecule has 0 N–H and O–H groups in total. The number of imide groups is 1. The molecule has 1 saturated heterocycles. The van der Waals surface area contributed by atoms with E-state index in [1.54, 1.807) is 11.6 Å². The Kier molecular flexibility index (Phi) is 2.70. The van der Waals surface area contributed by atoms with Crippen LogP contribution < -0.4 is 4.90 Å². The summed E-state index contributed by atoms with van der Waals surface area (Å²) in [5, 5.41) is 2.31. The van der Waals surface area contributed by atoms with Gasteiger partial charge in [-0.3, -0.25) is 9.59 Å². The Balaban J connectivity index is 1.76. The molecule has 0 spiro atoms. The molecule has 7 heteroatoms. The molecule has 4 rings (SSSR count). The molecule has 1 aliphatic heterocycles. The highest BCUT2D eigenvalue weighted by molar-refractivity contribution is 9.12. The highest BCUT2D eigenvalue weighted by Gasteiger charge is 2.66. The van der Waals surface area contributed by atoms with Crippen LogP contribution in [0.2, 0.25) is 0 Å². The van der Waals surface area contributed by atoms with Crippen LogP contribution in [0.4, 0.5) is 5.13 Å². The zero-order valence-electron chi connectivity index (χ0n) is 9.70. The lowest BCUT2D eigenvalue weighted by Crippen LogP contribution is -2.37. The molecule has 4 nitrogen and oxygen atoms in total. The summed E-state index contributed by atoms with van der Waals surface area (Å²) in [6, 6.07) is 0. The van der Waals surface area contributed by atoms with Crippen LogP contribution in [0.3, 0.4) is 0 Å². The molecule has 6 atom stereocenters. The first-order chi connectivity index (χ1) is 9.11. The van der Waals surface area contributed by atoms with Gasteiger partial charge in [0.15, 0.2) is 5.13 Å². The number of nitrogens with zero attached hydrogens (tertiary/aromatic N) is 2. The van der Waals surface area contributed by atoms with E-state index < -0.39 is 0 Å². The van der Waals surface area contributed by atoms with E-state index >= 15 is 0 Å². The molecular formula is C12H10Br2N2O2S. The Morgan fingerprint density at radius 2 is 1.74 bits per heavy atom. The third-order valence-corrected chi connectivity index (χ3v) is 8.56. The molecule has 0 unspecified atom stereocenters. The second-order valence-corrected chi connectivity index (χ2v) is 8.32. The van der Waals surface area contributed by atoms with Gasteiger partial charge in [0, 0.05) is 21.2 Å². The quantitative estimate of drug-likeness (QED) is 0.532. The van der Waals surface area contributed by atoms with E-state index in [-0.39, 0.29) is 45.1 Å². The summed E-state index contributed by atoms with van der Waals surface area (Å²) >= 11 is 8.68. The number of alkyl halides is 2. The highest BCUT2D eigenvalue weighted by atomic mass is 79.9. The van der Waals surface area contributed by atoms with Crippen LogP contribution in [0.15, 0.2) is 11.6 Å². The van der Waals surface area contributed by atoms with Crippen molar-refractivity contribution in [1.82, 2.24) is 4.98 Å². The molecule has 2 aliphatic carbocycles. The first-order valence-electron chi connectivity index (χ1n) is 6.16. The van der Waals surface area contributed by atoms with E-state index in [0.29, 0.717) is 5.13 Å². The van der Waals surface area contributed by atoms with Crippen LogP contribution in [-0.4, -0.2) is 26.5 Å². The van der Waals surface area contributed by atoms with Gasteiger partial charge in [0.25, 0.3) is 0 Å². The minimum absolute atomic E-state index is 0.0544. The standard InChI is InChI=1S/C12H10Br2N2O2S/c13-8-4-3-5(9(8)14)7-6(4)10(17)16(11(7)18)12-15-1-2-19-12/h1-2,4-9H,3H2/t4-,5+,6+,7-,8+,9-. The van der Waals surface area contributed by atoms with Crippen molar-refractivity contribution in [1.29, 1.82) is 0 Å². The number of thiazole rings is 1. The number of carbonyl (C=O) groups is 2. The molecule has 0 radical (unpaired) electrons. The van der Waals surface area contributed by atoms with Crippen molar-refractivity contribution in [2.75, 3.05) is 4.90 Å². The van der Waals surface area contributed by atoms with Crippen LogP contribution >= 0.6 is 43.2 Å². The fraction of sp³-hybridized carbons (Fsp3) is 0.583. The van der Waals surface area contributed by atoms with Gasteiger partial charge in [0.1, 0.15) is 0 Å². The van der Waals surface area contributed by atoms with E-state index in [4.69, 9.17) is 0 Å². The van der Waals surface area contributed by atoms with Gasteiger partial charge in [-0.15, -0.1) is 11.3 Å². The van der Waals surface area contributed by atoms with E-state index in [2.05, 4.69) is 36.8 Å². The molecule has 0 aromatic carbocycles. The zero-order valence-corrected chi connectivity index (χ0v) is 13.7. The van der Waals surface area contributed by atoms with E-state index in [1.165, 1.54) is 16.2 Å². The normalized spacial score (nSPS) is 44.2. The maximum absolute atomic E-state index is 12.6. The number of anilines is 1. The molecule has 2 saturated carbocycles. The van der Waals surface area contributed by atoms with Crippen LogP contribution in [-0.2, 0) is 9.59 Å². The molecule has 1 aromatic rings. The maximum Gasteiger partial charge on any atom is 0.239 e. The Bertz CT molecular complexity index is 532. The van der Waals surface area contributed by atoms with Gasteiger partial charge in [-0.1, -0.05) is 31.9 Å². The van der Waals surface area contributed by atoms with Crippen LogP contribution in [0, 0.1) is 23.7 Å². The predicted octanol–water partition coefficient (Wildman–Crippen LogP) is 2.43. The Hall–Kier alpha value is -0.270. The van der Waals surface area contributed by atoms with Gasteiger partial charge in [0.05, 0.1) is 11.8 Å². The summed E-state index contributed by atoms with van der Waals surface area (Å²) in [7, 11) is 0. The summed E-state index contributed by atoms with van der Waals surface area (Å²) in [4.78, 5) is 31.1. The van der Waals surface area contributed by atoms with Gasteiger partial charge in [0.2, 0.25) is 11.8 Å². The van der Waals surface area contributed by atoms with Crippen molar-refractivity contribution < 1.29 is 9.59 Å². The number of rotatable bonds is 1. The Morgan fingerprint density at radius 1 is 1.16 bits per heavy atom. The number of hydrogen-bond acceptors (Lipinski definition) is 4. The van der Waals surface area contributed by atoms with Crippen molar-refractivity contribution in [3.8, 4) is 0 Å². The number of fused-ring (bicyclic) bond motifs is 5. The predicted molar refractivity (Wildman–Crippen MR) is 78.6 cm³/mol. The molecule has 19 heavy (non-hydrogen) atoms. The molecule has 3 aliphatic rings. The van der Waals surface area contributed by atoms with Gasteiger partial charge >= 0.3 is 0 Å². The van der Waals surface area contributed by atoms with E-state index in [9.17, 15) is 9.59 Å². The van der Waals surface area contributed by atoms with Crippen molar-refractivity contribution in [2.24, 2.45) is 23.7 Å². The lowest BCUT2D eigenvalue weighted by molar-refractivity contribution is -0.123. The molecule has 3 fully saturated rings. The average molecular weight is 406 g/mol. The molecule has 2 amide bonds. The van der Waals surface area contributed by atoms with Gasteiger partial charge in [-0.25, -0.2) is 9.88 Å². The topological polar surface area (TPSA) is 50.3 Å². The van der Waals surface area contributed by atoms with E-state index in [0.717, 1.165) is 6.42 Å². The smallest absolute Gasteiger partial charge is 0.239 e. The molecule has 100 valence electrons. The second kappa shape index (κ2) is 4.11. The Labute approximate surface area is 130 Å². The number of aromatic nitrogens is 1. The number of hydrogen-bond donors (Lipinski definition) is 0. The molecule has 2 bridgehead atoms. The fourth-order valence-corrected chi connectivity index (χ4v) is 6.39. The maximum atomic E-state index is 12.6. The minimum Gasteiger partial charge on any atom is -0.274 e. The largest absolute Gasteiger partial charge is 0.274 e. The molecule has 1 aromatic heterocycles. The second-order valence-electron chi connectivity index (χ2n) is 5.33. The van der Waals surface area contributed by atoms with Gasteiger partial charge < -0.3 is 0 Å². The van der Waals surface area contributed by atoms with Crippen molar-refractivity contribution >= 4 is 60.1 Å². The lowest BCUT2D eigenvalue weighted by Gasteiger charge is -2.28. The van der Waals surface area contributed by atoms with Crippen LogP contribution in [0.25, 0.3) is 0 Å². The third kappa shape index (κ3) is 1.46. The number of amides is 2. The number of halogens is 2. The first-order valence-corrected chi connectivity index (χ1v) is 8.88. The van der Waals surface area contributed by atoms with Crippen molar-refractivity contribution in [3.63, 3.8) is 0 Å². The summed E-state index contributed by atoms with van der Waals surface area (Å²) in [6.07, 6.45) is 2.59. The SMILES string of the molecule is O=C1[C@@H]2[C@@H]3C[C@@H]([C@H](Br)[C@@H]3Br)[C@@H]2C(=O)N1c1nccs1. The highest BCUT2D eigenvalue weighted by Crippen LogP contribution is 2.60. The van der Waals surface area contributed by atoms with Crippen molar-refractivity contribution in [2.45, 2.75) is 16.1 Å². The summed E-state index contributed by atoms with van der Waals surface area (Å²) < 4.78 is 0. The lowest BCUT2D eigenvalue weighted by atomic mass is 9.81. The minimum atomic E-state index is -0.153.